The molecule has 2 aromatic carbocycles. The lowest BCUT2D eigenvalue weighted by Crippen LogP contribution is -2.08. The van der Waals surface area contributed by atoms with Gasteiger partial charge in [-0.2, -0.15) is 0 Å². The highest BCUT2D eigenvalue weighted by Gasteiger charge is 2.15. The summed E-state index contributed by atoms with van der Waals surface area (Å²) in [6, 6.07) is 15.0. The molecule has 0 aliphatic rings. The summed E-state index contributed by atoms with van der Waals surface area (Å²) in [7, 11) is 0. The zero-order chi connectivity index (χ0) is 19.2. The van der Waals surface area contributed by atoms with Gasteiger partial charge in [-0.25, -0.2) is 4.79 Å². The van der Waals surface area contributed by atoms with Gasteiger partial charge in [-0.15, -0.1) is 0 Å². The first-order valence-corrected chi connectivity index (χ1v) is 9.50. The summed E-state index contributed by atoms with van der Waals surface area (Å²) in [4.78, 5) is 12.3. The predicted octanol–water partition coefficient (Wildman–Crippen LogP) is 5.35. The molecule has 0 saturated heterocycles. The number of nitrogens with one attached hydrogen (secondary N) is 2. The van der Waals surface area contributed by atoms with E-state index >= 15 is 0 Å². The number of carbonyl (C=O) groups is 1. The molecule has 27 heavy (non-hydrogen) atoms. The second kappa shape index (κ2) is 8.99. The van der Waals surface area contributed by atoms with Crippen LogP contribution in [0, 0.1) is 6.92 Å². The Morgan fingerprint density at radius 2 is 1.96 bits per heavy atom. The number of rotatable bonds is 8. The molecule has 0 spiro atoms. The van der Waals surface area contributed by atoms with E-state index in [2.05, 4.69) is 34.3 Å². The average Bonchev–Trinajstić information content (AvgIpc) is 3.16. The van der Waals surface area contributed by atoms with Gasteiger partial charge in [-0.05, 0) is 48.7 Å². The van der Waals surface area contributed by atoms with Crippen LogP contribution in [-0.2, 0) is 13.1 Å². The molecular weight excluding hydrogens is 384 g/mol. The van der Waals surface area contributed by atoms with Crippen LogP contribution in [0.15, 0.2) is 64.1 Å². The maximum atomic E-state index is 11.6. The standard InChI is InChI=1S/C20H19ClN2O3S/c1-13-4-6-14(7-5-13)11-23-27-19-9-16(20(24)25)18(10-17(19)21)22-12-15-3-2-8-26-15/h2-10,22-23H,11-12H2,1H3,(H,24,25). The van der Waals surface area contributed by atoms with E-state index in [9.17, 15) is 9.90 Å². The zero-order valence-electron chi connectivity index (χ0n) is 14.7. The monoisotopic (exact) mass is 402 g/mol. The van der Waals surface area contributed by atoms with E-state index in [0.29, 0.717) is 34.5 Å². The molecule has 0 fully saturated rings. The number of aryl methyl sites for hydroxylation is 1. The molecule has 3 rings (SSSR count). The summed E-state index contributed by atoms with van der Waals surface area (Å²) in [6.45, 7) is 3.06. The second-order valence-corrected chi connectivity index (χ2v) is 7.31. The van der Waals surface area contributed by atoms with Crippen molar-refractivity contribution in [1.29, 1.82) is 0 Å². The van der Waals surface area contributed by atoms with Gasteiger partial charge in [0.25, 0.3) is 0 Å². The first-order chi connectivity index (χ1) is 13.0. The molecule has 140 valence electrons. The van der Waals surface area contributed by atoms with Crippen molar-refractivity contribution in [3.05, 3.63) is 82.3 Å². The van der Waals surface area contributed by atoms with Crippen LogP contribution in [0.5, 0.6) is 0 Å². The Labute approximate surface area is 166 Å². The highest BCUT2D eigenvalue weighted by Crippen LogP contribution is 2.32. The molecule has 0 atom stereocenters. The maximum absolute atomic E-state index is 11.6. The van der Waals surface area contributed by atoms with Crippen LogP contribution in [0.2, 0.25) is 5.02 Å². The highest BCUT2D eigenvalue weighted by molar-refractivity contribution is 7.97. The Morgan fingerprint density at radius 1 is 1.19 bits per heavy atom. The first-order valence-electron chi connectivity index (χ1n) is 8.31. The van der Waals surface area contributed by atoms with Crippen molar-refractivity contribution >= 4 is 35.2 Å². The molecular formula is C20H19ClN2O3S. The van der Waals surface area contributed by atoms with Crippen LogP contribution >= 0.6 is 23.5 Å². The fraction of sp³-hybridized carbons (Fsp3) is 0.150. The van der Waals surface area contributed by atoms with E-state index in [1.807, 2.05) is 13.0 Å². The van der Waals surface area contributed by atoms with E-state index < -0.39 is 5.97 Å². The van der Waals surface area contributed by atoms with Crippen LogP contribution in [0.4, 0.5) is 5.69 Å². The summed E-state index contributed by atoms with van der Waals surface area (Å²) in [5.41, 5.74) is 2.95. The topological polar surface area (TPSA) is 74.5 Å². The van der Waals surface area contributed by atoms with Crippen molar-refractivity contribution in [2.24, 2.45) is 0 Å². The minimum atomic E-state index is -1.02. The smallest absolute Gasteiger partial charge is 0.337 e. The van der Waals surface area contributed by atoms with E-state index in [1.54, 1.807) is 24.5 Å². The second-order valence-electron chi connectivity index (χ2n) is 5.98. The van der Waals surface area contributed by atoms with Crippen LogP contribution in [0.25, 0.3) is 0 Å². The predicted molar refractivity (Wildman–Crippen MR) is 108 cm³/mol. The Kier molecular flexibility index (Phi) is 6.45. The lowest BCUT2D eigenvalue weighted by molar-refractivity contribution is 0.0697. The summed E-state index contributed by atoms with van der Waals surface area (Å²) in [6.07, 6.45) is 1.57. The molecule has 0 amide bonds. The fourth-order valence-electron chi connectivity index (χ4n) is 2.45. The Hall–Kier alpha value is -2.41. The molecule has 5 nitrogen and oxygen atoms in total. The number of aromatic carboxylic acids is 1. The van der Waals surface area contributed by atoms with Crippen LogP contribution in [0.3, 0.4) is 0 Å². The number of anilines is 1. The molecule has 0 aliphatic carbocycles. The molecule has 7 heteroatoms. The van der Waals surface area contributed by atoms with Crippen molar-refractivity contribution in [3.8, 4) is 0 Å². The number of benzene rings is 2. The van der Waals surface area contributed by atoms with Crippen LogP contribution in [0.1, 0.15) is 27.2 Å². The van der Waals surface area contributed by atoms with E-state index in [4.69, 9.17) is 16.0 Å². The quantitative estimate of drug-likeness (QED) is 0.441. The van der Waals surface area contributed by atoms with Crippen molar-refractivity contribution < 1.29 is 14.3 Å². The number of furan rings is 1. The van der Waals surface area contributed by atoms with Gasteiger partial charge >= 0.3 is 5.97 Å². The van der Waals surface area contributed by atoms with Gasteiger partial charge in [0.15, 0.2) is 0 Å². The van der Waals surface area contributed by atoms with E-state index in [0.717, 1.165) is 5.56 Å². The lowest BCUT2D eigenvalue weighted by Gasteiger charge is -2.13. The molecule has 0 aliphatic heterocycles. The lowest BCUT2D eigenvalue weighted by atomic mass is 10.1. The summed E-state index contributed by atoms with van der Waals surface area (Å²) >= 11 is 7.66. The Morgan fingerprint density at radius 3 is 2.63 bits per heavy atom. The minimum absolute atomic E-state index is 0.158. The summed E-state index contributed by atoms with van der Waals surface area (Å²) < 4.78 is 8.48. The highest BCUT2D eigenvalue weighted by atomic mass is 35.5. The van der Waals surface area contributed by atoms with Crippen molar-refractivity contribution in [3.63, 3.8) is 0 Å². The number of hydrogen-bond donors (Lipinski definition) is 3. The van der Waals surface area contributed by atoms with Crippen molar-refractivity contribution in [1.82, 2.24) is 4.72 Å². The molecule has 0 radical (unpaired) electrons. The van der Waals surface area contributed by atoms with Crippen molar-refractivity contribution in [2.45, 2.75) is 24.9 Å². The van der Waals surface area contributed by atoms with Gasteiger partial charge < -0.3 is 14.8 Å². The van der Waals surface area contributed by atoms with Gasteiger partial charge in [0, 0.05) is 11.4 Å². The van der Waals surface area contributed by atoms with Crippen molar-refractivity contribution in [2.75, 3.05) is 5.32 Å². The van der Waals surface area contributed by atoms with Gasteiger partial charge in [0.2, 0.25) is 0 Å². The molecule has 0 unspecified atom stereocenters. The van der Waals surface area contributed by atoms with Gasteiger partial charge in [0.05, 0.1) is 29.1 Å². The molecule has 3 N–H and O–H groups in total. The fourth-order valence-corrected chi connectivity index (χ4v) is 3.46. The van der Waals surface area contributed by atoms with Gasteiger partial charge in [0.1, 0.15) is 5.76 Å². The first kappa shape index (κ1) is 19.4. The number of hydrogen-bond acceptors (Lipinski definition) is 5. The van der Waals surface area contributed by atoms with E-state index in [1.165, 1.54) is 17.5 Å². The number of halogens is 1. The SMILES string of the molecule is Cc1ccc(CNSc2cc(C(=O)O)c(NCc3ccco3)cc2Cl)cc1. The summed E-state index contributed by atoms with van der Waals surface area (Å²) in [5, 5.41) is 13.1. The Balaban J connectivity index is 1.68. The van der Waals surface area contributed by atoms with Gasteiger partial charge in [-0.3, -0.25) is 4.72 Å². The molecule has 1 aromatic heterocycles. The molecule has 1 heterocycles. The molecule has 0 bridgehead atoms. The third-order valence-electron chi connectivity index (χ3n) is 3.91. The largest absolute Gasteiger partial charge is 0.478 e. The number of carboxylic acid groups (broad SMARTS) is 1. The van der Waals surface area contributed by atoms with Crippen LogP contribution < -0.4 is 10.0 Å². The van der Waals surface area contributed by atoms with Gasteiger partial charge in [-0.1, -0.05) is 41.4 Å². The molecule has 0 saturated carbocycles. The molecule has 3 aromatic rings. The van der Waals surface area contributed by atoms with E-state index in [-0.39, 0.29) is 5.56 Å². The Bertz CT molecular complexity index is 912. The third-order valence-corrected chi connectivity index (χ3v) is 5.19. The summed E-state index contributed by atoms with van der Waals surface area (Å²) in [5.74, 6) is -0.310. The maximum Gasteiger partial charge on any atom is 0.337 e. The number of carboxylic acids is 1. The average molecular weight is 403 g/mol. The third kappa shape index (κ3) is 5.29. The zero-order valence-corrected chi connectivity index (χ0v) is 16.2. The normalized spacial score (nSPS) is 10.7. The van der Waals surface area contributed by atoms with Crippen LogP contribution in [-0.4, -0.2) is 11.1 Å². The minimum Gasteiger partial charge on any atom is -0.478 e.